The second kappa shape index (κ2) is 11.7. The van der Waals surface area contributed by atoms with Gasteiger partial charge in [-0.05, 0) is 55.8 Å². The fourth-order valence-electron chi connectivity index (χ4n) is 5.77. The zero-order valence-electron chi connectivity index (χ0n) is 19.2. The summed E-state index contributed by atoms with van der Waals surface area (Å²) in [6.07, 6.45) is 11.1. The van der Waals surface area contributed by atoms with Crippen LogP contribution in [0.2, 0.25) is 0 Å². The van der Waals surface area contributed by atoms with Gasteiger partial charge in [0.25, 0.3) is 0 Å². The van der Waals surface area contributed by atoms with Gasteiger partial charge in [0, 0.05) is 12.1 Å². The molecule has 0 aliphatic heterocycles. The van der Waals surface area contributed by atoms with Crippen LogP contribution in [0, 0.1) is 41.1 Å². The smallest absolute Gasteiger partial charge is 0.397 e. The van der Waals surface area contributed by atoms with E-state index in [-0.39, 0.29) is 5.92 Å². The standard InChI is InChI=1S/C26H37F5O/c1-2-3-4-5-18-6-10-20(11-7-18)21-12-8-19(9-13-21)14-15-26(30,31)32-22-16-23(27)25(29)24(28)17-22/h16-21H,2-15H2,1H3/t18-,19?,20-,21?. The van der Waals surface area contributed by atoms with E-state index in [0.717, 1.165) is 43.4 Å². The predicted octanol–water partition coefficient (Wildman–Crippen LogP) is 9.05. The van der Waals surface area contributed by atoms with Gasteiger partial charge in [-0.3, -0.25) is 0 Å². The molecule has 1 nitrogen and oxygen atoms in total. The Morgan fingerprint density at radius 3 is 1.78 bits per heavy atom. The molecule has 0 spiro atoms. The first-order valence-electron chi connectivity index (χ1n) is 12.5. The molecular formula is C26H37F5O. The van der Waals surface area contributed by atoms with Crippen molar-refractivity contribution in [3.63, 3.8) is 0 Å². The molecule has 2 aliphatic rings. The van der Waals surface area contributed by atoms with Gasteiger partial charge in [0.2, 0.25) is 0 Å². The molecule has 0 unspecified atom stereocenters. The lowest BCUT2D eigenvalue weighted by Crippen LogP contribution is -2.28. The van der Waals surface area contributed by atoms with Crippen LogP contribution in [0.5, 0.6) is 5.75 Å². The van der Waals surface area contributed by atoms with Crippen molar-refractivity contribution < 1.29 is 26.7 Å². The number of hydrogen-bond acceptors (Lipinski definition) is 1. The first-order chi connectivity index (χ1) is 15.3. The quantitative estimate of drug-likeness (QED) is 0.192. The maximum atomic E-state index is 14.2. The molecule has 1 aromatic carbocycles. The number of hydrogen-bond donors (Lipinski definition) is 0. The minimum absolute atomic E-state index is 0.229. The summed E-state index contributed by atoms with van der Waals surface area (Å²) in [5, 5.41) is 0. The normalized spacial score (nSPS) is 26.8. The largest absolute Gasteiger partial charge is 0.432 e. The van der Waals surface area contributed by atoms with Gasteiger partial charge in [0.1, 0.15) is 5.75 Å². The van der Waals surface area contributed by atoms with Crippen LogP contribution in [0.4, 0.5) is 22.0 Å². The average molecular weight is 461 g/mol. The maximum absolute atomic E-state index is 14.2. The number of alkyl halides is 2. The monoisotopic (exact) mass is 460 g/mol. The summed E-state index contributed by atoms with van der Waals surface area (Å²) in [4.78, 5) is 0. The van der Waals surface area contributed by atoms with E-state index in [4.69, 9.17) is 0 Å². The van der Waals surface area contributed by atoms with Crippen molar-refractivity contribution in [1.29, 1.82) is 0 Å². The molecule has 0 radical (unpaired) electrons. The molecule has 0 atom stereocenters. The molecule has 182 valence electrons. The lowest BCUT2D eigenvalue weighted by atomic mass is 9.68. The zero-order chi connectivity index (χ0) is 23.1. The van der Waals surface area contributed by atoms with E-state index in [1.807, 2.05) is 0 Å². The van der Waals surface area contributed by atoms with Crippen LogP contribution in [0.1, 0.15) is 96.8 Å². The van der Waals surface area contributed by atoms with E-state index in [9.17, 15) is 22.0 Å². The molecule has 0 aromatic heterocycles. The molecule has 2 saturated carbocycles. The Morgan fingerprint density at radius 2 is 1.28 bits per heavy atom. The molecule has 0 saturated heterocycles. The third kappa shape index (κ3) is 7.34. The predicted molar refractivity (Wildman–Crippen MR) is 116 cm³/mol. The second-order valence-electron chi connectivity index (χ2n) is 10.0. The Morgan fingerprint density at radius 1 is 0.781 bits per heavy atom. The van der Waals surface area contributed by atoms with Crippen molar-refractivity contribution in [3.8, 4) is 5.75 Å². The van der Waals surface area contributed by atoms with Crippen LogP contribution >= 0.6 is 0 Å². The summed E-state index contributed by atoms with van der Waals surface area (Å²) < 4.78 is 72.3. The fourth-order valence-corrected chi connectivity index (χ4v) is 5.77. The first kappa shape index (κ1) is 25.3. The summed E-state index contributed by atoms with van der Waals surface area (Å²) in [7, 11) is 0. The van der Waals surface area contributed by atoms with Crippen LogP contribution in [0.3, 0.4) is 0 Å². The lowest BCUT2D eigenvalue weighted by molar-refractivity contribution is -0.183. The van der Waals surface area contributed by atoms with Crippen molar-refractivity contribution in [2.24, 2.45) is 23.7 Å². The minimum atomic E-state index is -3.54. The highest BCUT2D eigenvalue weighted by molar-refractivity contribution is 5.25. The topological polar surface area (TPSA) is 9.23 Å². The summed E-state index contributed by atoms with van der Waals surface area (Å²) in [5.41, 5.74) is 0. The molecule has 0 amide bonds. The third-order valence-corrected chi connectivity index (χ3v) is 7.73. The van der Waals surface area contributed by atoms with E-state index >= 15 is 0 Å². The summed E-state index contributed by atoms with van der Waals surface area (Å²) in [6, 6.07) is 0.909. The summed E-state index contributed by atoms with van der Waals surface area (Å²) in [5.74, 6) is -2.81. The summed E-state index contributed by atoms with van der Waals surface area (Å²) >= 11 is 0. The van der Waals surface area contributed by atoms with E-state index in [0.29, 0.717) is 18.6 Å². The number of halogens is 5. The molecule has 0 bridgehead atoms. The highest BCUT2D eigenvalue weighted by Gasteiger charge is 2.35. The SMILES string of the molecule is CCCCC[C@H]1CC[C@H](C2CCC(CCC(F)(F)Oc3cc(F)c(F)c(F)c3)CC2)CC1. The van der Waals surface area contributed by atoms with Crippen molar-refractivity contribution in [3.05, 3.63) is 29.6 Å². The molecular weight excluding hydrogens is 423 g/mol. The van der Waals surface area contributed by atoms with Crippen molar-refractivity contribution in [1.82, 2.24) is 0 Å². The fraction of sp³-hybridized carbons (Fsp3) is 0.769. The van der Waals surface area contributed by atoms with E-state index in [1.54, 1.807) is 0 Å². The van der Waals surface area contributed by atoms with Crippen LogP contribution < -0.4 is 4.74 Å². The Balaban J connectivity index is 1.37. The Hall–Kier alpha value is -1.33. The van der Waals surface area contributed by atoms with Gasteiger partial charge in [-0.15, -0.1) is 0 Å². The highest BCUT2D eigenvalue weighted by atomic mass is 19.3. The number of rotatable bonds is 10. The van der Waals surface area contributed by atoms with Gasteiger partial charge < -0.3 is 4.74 Å². The van der Waals surface area contributed by atoms with E-state index < -0.39 is 35.7 Å². The van der Waals surface area contributed by atoms with Gasteiger partial charge in [0.05, 0.1) is 6.42 Å². The number of unbranched alkanes of at least 4 members (excludes halogenated alkanes) is 2. The Labute approximate surface area is 189 Å². The van der Waals surface area contributed by atoms with Gasteiger partial charge in [-0.2, -0.15) is 8.78 Å². The maximum Gasteiger partial charge on any atom is 0.397 e. The Bertz CT molecular complexity index is 683. The van der Waals surface area contributed by atoms with E-state index in [1.165, 1.54) is 51.4 Å². The highest BCUT2D eigenvalue weighted by Crippen LogP contribution is 2.43. The molecule has 6 heteroatoms. The molecule has 1 aromatic rings. The van der Waals surface area contributed by atoms with Crippen molar-refractivity contribution in [2.75, 3.05) is 0 Å². The van der Waals surface area contributed by atoms with E-state index in [2.05, 4.69) is 11.7 Å². The zero-order valence-corrected chi connectivity index (χ0v) is 19.2. The van der Waals surface area contributed by atoms with Crippen LogP contribution in [0.15, 0.2) is 12.1 Å². The molecule has 32 heavy (non-hydrogen) atoms. The number of benzene rings is 1. The van der Waals surface area contributed by atoms with Crippen LogP contribution in [-0.2, 0) is 0 Å². The summed E-state index contributed by atoms with van der Waals surface area (Å²) in [6.45, 7) is 2.25. The van der Waals surface area contributed by atoms with Crippen molar-refractivity contribution in [2.45, 2.75) is 103 Å². The average Bonchev–Trinajstić information content (AvgIpc) is 2.77. The molecule has 0 heterocycles. The number of ether oxygens (including phenoxy) is 1. The second-order valence-corrected chi connectivity index (χ2v) is 10.0. The lowest BCUT2D eigenvalue weighted by Gasteiger charge is -2.38. The molecule has 3 rings (SSSR count). The van der Waals surface area contributed by atoms with Crippen molar-refractivity contribution >= 4 is 0 Å². The first-order valence-corrected chi connectivity index (χ1v) is 12.5. The van der Waals surface area contributed by atoms with Crippen LogP contribution in [0.25, 0.3) is 0 Å². The van der Waals surface area contributed by atoms with Gasteiger partial charge in [-0.1, -0.05) is 58.3 Å². The van der Waals surface area contributed by atoms with Gasteiger partial charge in [-0.25, -0.2) is 13.2 Å². The Kier molecular flexibility index (Phi) is 9.24. The van der Waals surface area contributed by atoms with Gasteiger partial charge >= 0.3 is 6.11 Å². The van der Waals surface area contributed by atoms with Gasteiger partial charge in [0.15, 0.2) is 17.5 Å². The van der Waals surface area contributed by atoms with Crippen LogP contribution in [-0.4, -0.2) is 6.11 Å². The molecule has 2 fully saturated rings. The molecule has 0 N–H and O–H groups in total. The third-order valence-electron chi connectivity index (χ3n) is 7.73. The minimum Gasteiger partial charge on any atom is -0.432 e. The molecule has 2 aliphatic carbocycles.